The Morgan fingerprint density at radius 1 is 1.09 bits per heavy atom. The topological polar surface area (TPSA) is 57.0 Å². The molecule has 7 nitrogen and oxygen atoms in total. The Bertz CT molecular complexity index is 1060. The van der Waals surface area contributed by atoms with E-state index in [1.165, 1.54) is 5.56 Å². The van der Waals surface area contributed by atoms with Crippen LogP contribution in [-0.2, 0) is 4.79 Å². The lowest BCUT2D eigenvalue weighted by atomic mass is 9.95. The third-order valence-electron chi connectivity index (χ3n) is 7.02. The number of piperazine rings is 1. The molecule has 0 atom stereocenters. The maximum atomic E-state index is 13.0. The van der Waals surface area contributed by atoms with E-state index >= 15 is 0 Å². The van der Waals surface area contributed by atoms with E-state index in [2.05, 4.69) is 59.7 Å². The first kappa shape index (κ1) is 22.3. The van der Waals surface area contributed by atoms with Gasteiger partial charge in [0.05, 0.1) is 11.9 Å². The van der Waals surface area contributed by atoms with Crippen LogP contribution in [0.3, 0.4) is 0 Å². The molecule has 2 aromatic heterocycles. The van der Waals surface area contributed by atoms with Crippen molar-refractivity contribution in [2.45, 2.75) is 32.6 Å². The lowest BCUT2D eigenvalue weighted by Gasteiger charge is -2.38. The van der Waals surface area contributed by atoms with Crippen molar-refractivity contribution in [3.63, 3.8) is 0 Å². The minimum absolute atomic E-state index is 0.136. The number of imidazole rings is 1. The number of anilines is 1. The summed E-state index contributed by atoms with van der Waals surface area (Å²) in [4.78, 5) is 25.4. The van der Waals surface area contributed by atoms with Gasteiger partial charge in [0.2, 0.25) is 16.0 Å². The molecular weight excluding hydrogens is 432 g/mol. The molecule has 175 valence electrons. The molecule has 8 heteroatoms. The van der Waals surface area contributed by atoms with E-state index in [0.717, 1.165) is 80.0 Å². The summed E-state index contributed by atoms with van der Waals surface area (Å²) in [5.41, 5.74) is 3.41. The number of hydrogen-bond acceptors (Lipinski definition) is 6. The number of nitrogens with zero attached hydrogens (tertiary/aromatic N) is 6. The molecule has 4 heterocycles. The van der Waals surface area contributed by atoms with E-state index in [-0.39, 0.29) is 5.92 Å². The molecule has 0 N–H and O–H groups in total. The van der Waals surface area contributed by atoms with E-state index in [4.69, 9.17) is 10.1 Å². The average Bonchev–Trinajstić information content (AvgIpc) is 3.43. The molecule has 1 amide bonds. The number of fused-ring (bicyclic) bond motifs is 1. The second-order valence-corrected chi connectivity index (χ2v) is 10.4. The predicted octanol–water partition coefficient (Wildman–Crippen LogP) is 3.78. The Labute approximate surface area is 200 Å². The number of aromatic nitrogens is 3. The predicted molar refractivity (Wildman–Crippen MR) is 134 cm³/mol. The zero-order valence-electron chi connectivity index (χ0n) is 19.6. The van der Waals surface area contributed by atoms with Gasteiger partial charge in [-0.3, -0.25) is 9.69 Å². The first-order chi connectivity index (χ1) is 16.0. The first-order valence-corrected chi connectivity index (χ1v) is 12.9. The minimum atomic E-state index is 0.136. The number of rotatable bonds is 5. The van der Waals surface area contributed by atoms with E-state index in [1.807, 2.05) is 10.7 Å². The third-order valence-corrected chi connectivity index (χ3v) is 8.00. The molecule has 0 bridgehead atoms. The van der Waals surface area contributed by atoms with Gasteiger partial charge in [-0.25, -0.2) is 9.50 Å². The molecule has 0 unspecified atom stereocenters. The Kier molecular flexibility index (Phi) is 6.38. The van der Waals surface area contributed by atoms with Crippen LogP contribution in [0.15, 0.2) is 30.5 Å². The molecule has 2 saturated heterocycles. The lowest BCUT2D eigenvalue weighted by Crippen LogP contribution is -2.51. The van der Waals surface area contributed by atoms with E-state index in [0.29, 0.717) is 11.8 Å². The summed E-state index contributed by atoms with van der Waals surface area (Å²) in [6.45, 7) is 14.5. The van der Waals surface area contributed by atoms with Crippen LogP contribution in [0.1, 0.15) is 38.2 Å². The summed E-state index contributed by atoms with van der Waals surface area (Å²) in [5, 5.41) is 5.79. The van der Waals surface area contributed by atoms with E-state index in [9.17, 15) is 4.79 Å². The number of hydrogen-bond donors (Lipinski definition) is 0. The summed E-state index contributed by atoms with van der Waals surface area (Å²) < 4.78 is 1.89. The van der Waals surface area contributed by atoms with Gasteiger partial charge in [-0.1, -0.05) is 49.4 Å². The highest BCUT2D eigenvalue weighted by atomic mass is 32.1. The van der Waals surface area contributed by atoms with Crippen LogP contribution in [0.4, 0.5) is 5.13 Å². The number of piperidine rings is 1. The quantitative estimate of drug-likeness (QED) is 0.574. The van der Waals surface area contributed by atoms with Crippen molar-refractivity contribution in [1.82, 2.24) is 24.4 Å². The van der Waals surface area contributed by atoms with Gasteiger partial charge in [0.1, 0.15) is 0 Å². The second kappa shape index (κ2) is 9.43. The second-order valence-electron chi connectivity index (χ2n) is 9.44. The van der Waals surface area contributed by atoms with Crippen molar-refractivity contribution in [1.29, 1.82) is 0 Å². The summed E-state index contributed by atoms with van der Waals surface area (Å²) in [7, 11) is 0. The molecule has 2 fully saturated rings. The summed E-state index contributed by atoms with van der Waals surface area (Å²) in [5.74, 6) is 0.995. The fraction of sp³-hybridized carbons (Fsp3) is 0.520. The summed E-state index contributed by atoms with van der Waals surface area (Å²) in [6.07, 6.45) is 3.80. The average molecular weight is 466 g/mol. The molecule has 33 heavy (non-hydrogen) atoms. The minimum Gasteiger partial charge on any atom is -0.347 e. The molecule has 0 aliphatic carbocycles. The molecule has 5 rings (SSSR count). The molecule has 1 radical (unpaired) electrons. The van der Waals surface area contributed by atoms with Crippen LogP contribution in [-0.4, -0.2) is 76.1 Å². The van der Waals surface area contributed by atoms with Crippen LogP contribution in [0, 0.1) is 12.8 Å². The van der Waals surface area contributed by atoms with Gasteiger partial charge in [-0.05, 0) is 37.8 Å². The van der Waals surface area contributed by atoms with Crippen molar-refractivity contribution in [2.75, 3.05) is 50.7 Å². The van der Waals surface area contributed by atoms with Crippen molar-refractivity contribution in [3.8, 4) is 11.3 Å². The first-order valence-electron chi connectivity index (χ1n) is 12.0. The highest BCUT2D eigenvalue weighted by molar-refractivity contribution is 7.20. The number of benzene rings is 1. The van der Waals surface area contributed by atoms with Gasteiger partial charge in [0, 0.05) is 50.7 Å². The van der Waals surface area contributed by atoms with Crippen molar-refractivity contribution < 1.29 is 4.79 Å². The Hall–Kier alpha value is -2.45. The van der Waals surface area contributed by atoms with Gasteiger partial charge in [-0.15, -0.1) is 5.10 Å². The molecule has 2 aliphatic rings. The van der Waals surface area contributed by atoms with Gasteiger partial charge in [0.25, 0.3) is 0 Å². The molecule has 0 spiro atoms. The number of carbonyl (C=O) groups is 1. The standard InChI is InChI=1S/C25H33N6OS/c1-4-28-13-15-29(16-14-28)23(32)21-9-11-30(12-10-21)25-27-31-17-22(26-24(31)33-25)20-7-5-19(6-8-20)18(2)3/h5-8,17-18,21H,1,4,9-16H2,2-3H3. The summed E-state index contributed by atoms with van der Waals surface area (Å²) in [6, 6.07) is 8.64. The van der Waals surface area contributed by atoms with E-state index in [1.54, 1.807) is 11.3 Å². The largest absolute Gasteiger partial charge is 0.347 e. The van der Waals surface area contributed by atoms with E-state index < -0.39 is 0 Å². The SMILES string of the molecule is [CH2]CN1CCN(C(=O)C2CCN(c3nn4cc(-c5ccc(C(C)C)cc5)nc4s3)CC2)CC1. The van der Waals surface area contributed by atoms with Gasteiger partial charge < -0.3 is 9.80 Å². The molecule has 3 aromatic rings. The highest BCUT2D eigenvalue weighted by Gasteiger charge is 2.31. The van der Waals surface area contributed by atoms with Gasteiger partial charge in [0.15, 0.2) is 0 Å². The lowest BCUT2D eigenvalue weighted by molar-refractivity contribution is -0.137. The van der Waals surface area contributed by atoms with Crippen LogP contribution in [0.25, 0.3) is 16.2 Å². The van der Waals surface area contributed by atoms with Crippen molar-refractivity contribution in [2.24, 2.45) is 5.92 Å². The Balaban J connectivity index is 1.19. The monoisotopic (exact) mass is 465 g/mol. The highest BCUT2D eigenvalue weighted by Crippen LogP contribution is 2.30. The van der Waals surface area contributed by atoms with Crippen LogP contribution in [0.5, 0.6) is 0 Å². The maximum Gasteiger partial charge on any atom is 0.225 e. The van der Waals surface area contributed by atoms with Crippen LogP contribution >= 0.6 is 11.3 Å². The fourth-order valence-corrected chi connectivity index (χ4v) is 5.70. The normalized spacial score (nSPS) is 18.5. The number of amides is 1. The Morgan fingerprint density at radius 3 is 2.39 bits per heavy atom. The Morgan fingerprint density at radius 2 is 1.79 bits per heavy atom. The third kappa shape index (κ3) is 4.64. The van der Waals surface area contributed by atoms with Crippen molar-refractivity contribution >= 4 is 27.3 Å². The van der Waals surface area contributed by atoms with Gasteiger partial charge in [-0.2, -0.15) is 0 Å². The maximum absolute atomic E-state index is 13.0. The summed E-state index contributed by atoms with van der Waals surface area (Å²) >= 11 is 1.63. The van der Waals surface area contributed by atoms with Crippen molar-refractivity contribution in [3.05, 3.63) is 42.9 Å². The molecule has 0 saturated carbocycles. The molecular formula is C25H33N6OS. The van der Waals surface area contributed by atoms with Gasteiger partial charge >= 0.3 is 0 Å². The molecule has 2 aliphatic heterocycles. The zero-order chi connectivity index (χ0) is 22.9. The molecule has 1 aromatic carbocycles. The van der Waals surface area contributed by atoms with Crippen LogP contribution < -0.4 is 4.90 Å². The smallest absolute Gasteiger partial charge is 0.225 e. The zero-order valence-corrected chi connectivity index (χ0v) is 20.4. The fourth-order valence-electron chi connectivity index (χ4n) is 4.76. The number of carbonyl (C=O) groups excluding carboxylic acids is 1. The van der Waals surface area contributed by atoms with Crippen LogP contribution in [0.2, 0.25) is 0 Å².